The van der Waals surface area contributed by atoms with Gasteiger partial charge >= 0.3 is 5.97 Å². The highest BCUT2D eigenvalue weighted by molar-refractivity contribution is 5.92. The number of aromatic nitrogens is 2. The van der Waals surface area contributed by atoms with Gasteiger partial charge in [-0.05, 0) is 12.1 Å². The maximum atomic E-state index is 11.2. The van der Waals surface area contributed by atoms with Crippen LogP contribution in [0.4, 0.5) is 0 Å². The monoisotopic (exact) mass is 318 g/mol. The van der Waals surface area contributed by atoms with Gasteiger partial charge in [0.05, 0.1) is 19.7 Å². The number of nitrogens with zero attached hydrogens (tertiary/aromatic N) is 1. The Morgan fingerprint density at radius 2 is 2.20 bits per heavy atom. The van der Waals surface area contributed by atoms with Gasteiger partial charge in [-0.3, -0.25) is 0 Å². The van der Waals surface area contributed by atoms with Crippen LogP contribution in [0.15, 0.2) is 24.5 Å². The average molecular weight is 318 g/mol. The predicted octanol–water partition coefficient (Wildman–Crippen LogP) is -2.22. The van der Waals surface area contributed by atoms with E-state index < -0.39 is 0 Å². The molecule has 0 aliphatic heterocycles. The molecule has 0 aliphatic rings. The number of imidazole rings is 1. The molecule has 2 aromatic rings. The third-order valence-electron chi connectivity index (χ3n) is 2.21. The molecule has 0 unspecified atom stereocenters. The molecule has 0 aliphatic carbocycles. The molecule has 1 aromatic heterocycles. The fourth-order valence-corrected chi connectivity index (χ4v) is 1.43. The van der Waals surface area contributed by atoms with Crippen LogP contribution in [0.1, 0.15) is 10.4 Å². The summed E-state index contributed by atoms with van der Waals surface area (Å²) >= 11 is 0. The summed E-state index contributed by atoms with van der Waals surface area (Å²) in [6, 6.07) is 5.41. The van der Waals surface area contributed by atoms with Gasteiger partial charge in [0.1, 0.15) is 0 Å². The van der Waals surface area contributed by atoms with Crippen LogP contribution in [0.2, 0.25) is 0 Å². The summed E-state index contributed by atoms with van der Waals surface area (Å²) in [6.07, 6.45) is 1.84. The number of H-pyrrole nitrogens is 1. The van der Waals surface area contributed by atoms with Crippen LogP contribution in [0.25, 0.3) is 11.0 Å². The van der Waals surface area contributed by atoms with Gasteiger partial charge in [-0.15, -0.1) is 0 Å². The van der Waals surface area contributed by atoms with Crippen molar-refractivity contribution in [1.82, 2.24) is 4.98 Å². The number of hydrogen-bond acceptors (Lipinski definition) is 2. The normalized spacial score (nSPS) is 9.73. The van der Waals surface area contributed by atoms with Crippen molar-refractivity contribution in [1.29, 1.82) is 0 Å². The Kier molecular flexibility index (Phi) is 3.67. The first-order valence-electron chi connectivity index (χ1n) is 4.27. The Morgan fingerprint density at radius 1 is 1.47 bits per heavy atom. The second-order valence-electron chi connectivity index (χ2n) is 3.11. The van der Waals surface area contributed by atoms with Crippen molar-refractivity contribution in [2.45, 2.75) is 0 Å². The number of esters is 1. The number of rotatable bonds is 1. The van der Waals surface area contributed by atoms with Crippen molar-refractivity contribution in [3.63, 3.8) is 0 Å². The van der Waals surface area contributed by atoms with E-state index in [-0.39, 0.29) is 29.9 Å². The number of carbonyl (C=O) groups excluding carboxylic acids is 1. The summed E-state index contributed by atoms with van der Waals surface area (Å²) in [6.45, 7) is 0. The van der Waals surface area contributed by atoms with Gasteiger partial charge in [0.25, 0.3) is 0 Å². The molecular weight excluding hydrogens is 307 g/mol. The van der Waals surface area contributed by atoms with Gasteiger partial charge in [0.2, 0.25) is 6.33 Å². The Morgan fingerprint density at radius 3 is 2.87 bits per heavy atom. The molecule has 0 saturated heterocycles. The molecule has 0 spiro atoms. The third kappa shape index (κ3) is 2.11. The van der Waals surface area contributed by atoms with E-state index in [1.165, 1.54) is 7.11 Å². The maximum absolute atomic E-state index is 11.2. The average Bonchev–Trinajstić information content (AvgIpc) is 2.59. The van der Waals surface area contributed by atoms with Crippen molar-refractivity contribution in [3.05, 3.63) is 30.1 Å². The van der Waals surface area contributed by atoms with Crippen LogP contribution in [0.5, 0.6) is 0 Å². The molecule has 15 heavy (non-hydrogen) atoms. The fraction of sp³-hybridized carbons (Fsp3) is 0.200. The summed E-state index contributed by atoms with van der Waals surface area (Å²) < 4.78 is 6.56. The zero-order valence-electron chi connectivity index (χ0n) is 8.45. The number of carbonyl (C=O) groups is 1. The lowest BCUT2D eigenvalue weighted by Gasteiger charge is -1.97. The highest BCUT2D eigenvalue weighted by Gasteiger charge is 2.11. The molecule has 80 valence electrons. The Balaban J connectivity index is 0.00000112. The van der Waals surface area contributed by atoms with E-state index in [1.54, 1.807) is 12.1 Å². The second kappa shape index (κ2) is 4.61. The Labute approximate surface area is 104 Å². The van der Waals surface area contributed by atoms with E-state index in [0.29, 0.717) is 5.56 Å². The number of aryl methyl sites for hydroxylation is 1. The smallest absolute Gasteiger partial charge is 0.338 e. The van der Waals surface area contributed by atoms with Crippen LogP contribution >= 0.6 is 0 Å². The second-order valence-corrected chi connectivity index (χ2v) is 3.11. The van der Waals surface area contributed by atoms with Crippen molar-refractivity contribution < 1.29 is 38.1 Å². The van der Waals surface area contributed by atoms with Gasteiger partial charge in [-0.1, -0.05) is 0 Å². The summed E-state index contributed by atoms with van der Waals surface area (Å²) in [7, 11) is 3.30. The lowest BCUT2D eigenvalue weighted by molar-refractivity contribution is -0.644. The Bertz CT molecular complexity index is 493. The lowest BCUT2D eigenvalue weighted by Crippen LogP contribution is -3.00. The predicted molar refractivity (Wildman–Crippen MR) is 50.8 cm³/mol. The first-order valence-corrected chi connectivity index (χ1v) is 4.27. The SMILES string of the molecule is COC(=O)c1ccc2[nH]c[n+](C)c2c1.[I-]. The molecule has 0 atom stereocenters. The first-order chi connectivity index (χ1) is 6.72. The number of aromatic amines is 1. The van der Waals surface area contributed by atoms with E-state index in [9.17, 15) is 4.79 Å². The zero-order valence-corrected chi connectivity index (χ0v) is 10.6. The number of halogens is 1. The van der Waals surface area contributed by atoms with Gasteiger partial charge in [-0.25, -0.2) is 14.3 Å². The van der Waals surface area contributed by atoms with Crippen LogP contribution in [0.3, 0.4) is 0 Å². The largest absolute Gasteiger partial charge is 1.00 e. The molecule has 1 heterocycles. The van der Waals surface area contributed by atoms with E-state index in [2.05, 4.69) is 9.72 Å². The van der Waals surface area contributed by atoms with Crippen LogP contribution in [0, 0.1) is 0 Å². The maximum Gasteiger partial charge on any atom is 0.338 e. The van der Waals surface area contributed by atoms with Crippen LogP contribution in [-0.2, 0) is 11.8 Å². The number of fused-ring (bicyclic) bond motifs is 1. The minimum atomic E-state index is -0.312. The molecule has 0 fully saturated rings. The molecular formula is C10H11IN2O2. The molecule has 1 aromatic carbocycles. The van der Waals surface area contributed by atoms with E-state index in [4.69, 9.17) is 0 Å². The van der Waals surface area contributed by atoms with Gasteiger partial charge in [0, 0.05) is 6.07 Å². The molecule has 0 amide bonds. The summed E-state index contributed by atoms with van der Waals surface area (Å²) in [4.78, 5) is 14.3. The summed E-state index contributed by atoms with van der Waals surface area (Å²) in [5.74, 6) is -0.312. The van der Waals surface area contributed by atoms with E-state index in [1.807, 2.05) is 24.0 Å². The third-order valence-corrected chi connectivity index (χ3v) is 2.21. The standard InChI is InChI=1S/C10H10N2O2.HI/c1-12-6-11-8-4-3-7(5-9(8)12)10(13)14-2;/h3-6H,1-2H3;1H. The topological polar surface area (TPSA) is 46.0 Å². The van der Waals surface area contributed by atoms with Crippen molar-refractivity contribution in [3.8, 4) is 0 Å². The highest BCUT2D eigenvalue weighted by atomic mass is 127. The molecule has 0 bridgehead atoms. The van der Waals surface area contributed by atoms with E-state index in [0.717, 1.165) is 11.0 Å². The summed E-state index contributed by atoms with van der Waals surface area (Å²) in [5, 5.41) is 0. The van der Waals surface area contributed by atoms with Crippen LogP contribution < -0.4 is 28.5 Å². The van der Waals surface area contributed by atoms with Crippen LogP contribution in [-0.4, -0.2) is 18.1 Å². The lowest BCUT2D eigenvalue weighted by atomic mass is 10.2. The number of methoxy groups -OCH3 is 1. The first kappa shape index (κ1) is 12.0. The molecule has 5 heteroatoms. The Hall–Kier alpha value is -1.11. The van der Waals surface area contributed by atoms with Gasteiger partial charge in [0.15, 0.2) is 11.0 Å². The quantitative estimate of drug-likeness (QED) is 0.368. The number of hydrogen-bond donors (Lipinski definition) is 1. The van der Waals surface area contributed by atoms with Gasteiger partial charge < -0.3 is 28.7 Å². The molecule has 1 N–H and O–H groups in total. The summed E-state index contributed by atoms with van der Waals surface area (Å²) in [5.41, 5.74) is 2.54. The minimum absolute atomic E-state index is 0. The molecule has 0 saturated carbocycles. The van der Waals surface area contributed by atoms with Gasteiger partial charge in [-0.2, -0.15) is 0 Å². The van der Waals surface area contributed by atoms with Crippen molar-refractivity contribution in [2.75, 3.05) is 7.11 Å². The number of benzene rings is 1. The molecule has 4 nitrogen and oxygen atoms in total. The minimum Gasteiger partial charge on any atom is -1.00 e. The molecule has 2 rings (SSSR count). The zero-order chi connectivity index (χ0) is 10.1. The highest BCUT2D eigenvalue weighted by Crippen LogP contribution is 2.10. The number of ether oxygens (including phenoxy) is 1. The fourth-order valence-electron chi connectivity index (χ4n) is 1.43. The number of nitrogens with one attached hydrogen (secondary N) is 1. The van der Waals surface area contributed by atoms with Crippen molar-refractivity contribution >= 4 is 17.0 Å². The van der Waals surface area contributed by atoms with E-state index >= 15 is 0 Å². The molecule has 0 radical (unpaired) electrons. The van der Waals surface area contributed by atoms with Crippen molar-refractivity contribution in [2.24, 2.45) is 7.05 Å².